The van der Waals surface area contributed by atoms with Gasteiger partial charge in [0.15, 0.2) is 0 Å². The topological polar surface area (TPSA) is 40.8 Å². The first-order valence-electron chi connectivity index (χ1n) is 5.23. The lowest BCUT2D eigenvalue weighted by Crippen LogP contribution is -2.12. The number of aryl methyl sites for hydroxylation is 2. The van der Waals surface area contributed by atoms with E-state index in [1.807, 2.05) is 42.8 Å². The third-order valence-corrected chi connectivity index (χ3v) is 3.00. The van der Waals surface area contributed by atoms with Gasteiger partial charge in [0.2, 0.25) is 0 Å². The summed E-state index contributed by atoms with van der Waals surface area (Å²) < 4.78 is 2.88. The predicted molar refractivity (Wildman–Crippen MR) is 71.8 cm³/mol. The summed E-state index contributed by atoms with van der Waals surface area (Å²) in [6.45, 7) is 4.06. The van der Waals surface area contributed by atoms with E-state index < -0.39 is 0 Å². The van der Waals surface area contributed by atoms with E-state index in [2.05, 4.69) is 27.4 Å². The van der Waals surface area contributed by atoms with Gasteiger partial charge in [-0.15, -0.1) is 0 Å². The Morgan fingerprint density at radius 2 is 1.82 bits per heavy atom. The van der Waals surface area contributed by atoms with Gasteiger partial charge in [0.05, 0.1) is 17.3 Å². The highest BCUT2D eigenvalue weighted by molar-refractivity contribution is 9.10. The van der Waals surface area contributed by atoms with Crippen molar-refractivity contribution < 1.29 is 0 Å². The summed E-state index contributed by atoms with van der Waals surface area (Å²) in [5.41, 5.74) is 7.04. The molecule has 17 heavy (non-hydrogen) atoms. The summed E-state index contributed by atoms with van der Waals surface area (Å²) in [5.74, 6) is 0. The van der Waals surface area contributed by atoms with Gasteiger partial charge < -0.3 is 0 Å². The fourth-order valence-corrected chi connectivity index (χ4v) is 2.19. The molecule has 4 heteroatoms. The first kappa shape index (κ1) is 11.7. The number of hydrogen-bond acceptors (Lipinski definition) is 2. The van der Waals surface area contributed by atoms with E-state index in [9.17, 15) is 0 Å². The summed E-state index contributed by atoms with van der Waals surface area (Å²) >= 11 is 3.39. The largest absolute Gasteiger partial charge is 0.294 e. The first-order valence-corrected chi connectivity index (χ1v) is 6.02. The van der Waals surface area contributed by atoms with Gasteiger partial charge in [0.25, 0.3) is 0 Å². The number of benzene rings is 1. The molecule has 0 aliphatic heterocycles. The molecule has 0 spiro atoms. The van der Waals surface area contributed by atoms with Crippen LogP contribution >= 0.6 is 15.9 Å². The van der Waals surface area contributed by atoms with Crippen molar-refractivity contribution in [3.05, 3.63) is 51.8 Å². The lowest BCUT2D eigenvalue weighted by Gasteiger charge is -2.13. The molecule has 0 saturated carbocycles. The van der Waals surface area contributed by atoms with Crippen molar-refractivity contribution in [2.75, 3.05) is 5.43 Å². The van der Waals surface area contributed by atoms with Crippen LogP contribution in [0.1, 0.15) is 17.0 Å². The van der Waals surface area contributed by atoms with Crippen LogP contribution in [0.3, 0.4) is 0 Å². The number of rotatable bonds is 2. The van der Waals surface area contributed by atoms with E-state index in [1.54, 1.807) is 6.07 Å². The monoisotopic (exact) mass is 289 g/mol. The zero-order chi connectivity index (χ0) is 12.4. The molecule has 1 aromatic carbocycles. The maximum Gasteiger partial charge on any atom is 0.0992 e. The van der Waals surface area contributed by atoms with Crippen LogP contribution in [0.2, 0.25) is 0 Å². The van der Waals surface area contributed by atoms with Crippen molar-refractivity contribution >= 4 is 21.6 Å². The zero-order valence-electron chi connectivity index (χ0n) is 9.66. The second-order valence-electron chi connectivity index (χ2n) is 3.90. The SMILES string of the molecule is Cc1ccc(C)n1Nc1cc(Br)cc(C#N)c1. The Morgan fingerprint density at radius 1 is 1.18 bits per heavy atom. The minimum Gasteiger partial charge on any atom is -0.294 e. The van der Waals surface area contributed by atoms with Crippen LogP contribution in [-0.2, 0) is 0 Å². The Hall–Kier alpha value is -1.73. The van der Waals surface area contributed by atoms with Crippen molar-refractivity contribution in [3.63, 3.8) is 0 Å². The smallest absolute Gasteiger partial charge is 0.0992 e. The number of anilines is 1. The van der Waals surface area contributed by atoms with Gasteiger partial charge in [-0.3, -0.25) is 10.1 Å². The van der Waals surface area contributed by atoms with E-state index in [1.165, 1.54) is 0 Å². The Labute approximate surface area is 109 Å². The Balaban J connectivity index is 2.37. The van der Waals surface area contributed by atoms with Gasteiger partial charge in [-0.25, -0.2) is 0 Å². The van der Waals surface area contributed by atoms with E-state index in [0.717, 1.165) is 21.5 Å². The van der Waals surface area contributed by atoms with Gasteiger partial charge in [0, 0.05) is 15.9 Å². The highest BCUT2D eigenvalue weighted by Crippen LogP contribution is 2.20. The molecule has 0 unspecified atom stereocenters. The molecule has 0 saturated heterocycles. The Bertz CT molecular complexity index is 574. The van der Waals surface area contributed by atoms with Crippen LogP contribution in [0.25, 0.3) is 0 Å². The van der Waals surface area contributed by atoms with Crippen LogP contribution in [0, 0.1) is 25.2 Å². The predicted octanol–water partition coefficient (Wildman–Crippen LogP) is 3.61. The molecule has 0 radical (unpaired) electrons. The number of hydrogen-bond donors (Lipinski definition) is 1. The maximum absolute atomic E-state index is 8.92. The normalized spacial score (nSPS) is 10.0. The molecule has 0 aliphatic carbocycles. The number of nitrogens with one attached hydrogen (secondary N) is 1. The molecule has 86 valence electrons. The number of halogens is 1. The lowest BCUT2D eigenvalue weighted by atomic mass is 10.2. The minimum atomic E-state index is 0.629. The Morgan fingerprint density at radius 3 is 2.41 bits per heavy atom. The lowest BCUT2D eigenvalue weighted by molar-refractivity contribution is 0.881. The molecule has 1 aromatic heterocycles. The minimum absolute atomic E-state index is 0.629. The summed E-state index contributed by atoms with van der Waals surface area (Å²) in [6.07, 6.45) is 0. The summed E-state index contributed by atoms with van der Waals surface area (Å²) in [4.78, 5) is 0. The van der Waals surface area contributed by atoms with E-state index in [4.69, 9.17) is 5.26 Å². The number of nitrogens with zero attached hydrogens (tertiary/aromatic N) is 2. The fourth-order valence-electron chi connectivity index (χ4n) is 1.69. The van der Waals surface area contributed by atoms with Gasteiger partial charge in [0.1, 0.15) is 0 Å². The van der Waals surface area contributed by atoms with Gasteiger partial charge in [-0.05, 0) is 44.2 Å². The van der Waals surface area contributed by atoms with Crippen molar-refractivity contribution in [1.29, 1.82) is 5.26 Å². The van der Waals surface area contributed by atoms with E-state index in [-0.39, 0.29) is 0 Å². The summed E-state index contributed by atoms with van der Waals surface area (Å²) in [6, 6.07) is 11.8. The Kier molecular flexibility index (Phi) is 3.21. The number of nitriles is 1. The third kappa shape index (κ3) is 2.51. The van der Waals surface area contributed by atoms with Gasteiger partial charge in [-0.2, -0.15) is 5.26 Å². The second-order valence-corrected chi connectivity index (χ2v) is 4.82. The molecule has 1 heterocycles. The average Bonchev–Trinajstić information content (AvgIpc) is 2.60. The maximum atomic E-state index is 8.92. The highest BCUT2D eigenvalue weighted by atomic mass is 79.9. The molecule has 2 rings (SSSR count). The quantitative estimate of drug-likeness (QED) is 0.917. The second kappa shape index (κ2) is 4.64. The molecule has 0 fully saturated rings. The van der Waals surface area contributed by atoms with E-state index in [0.29, 0.717) is 5.56 Å². The average molecular weight is 290 g/mol. The van der Waals surface area contributed by atoms with Crippen LogP contribution < -0.4 is 5.43 Å². The summed E-state index contributed by atoms with van der Waals surface area (Å²) in [7, 11) is 0. The molecule has 3 nitrogen and oxygen atoms in total. The summed E-state index contributed by atoms with van der Waals surface area (Å²) in [5, 5.41) is 8.92. The van der Waals surface area contributed by atoms with Crippen LogP contribution in [0.5, 0.6) is 0 Å². The molecule has 1 N–H and O–H groups in total. The molecule has 2 aromatic rings. The van der Waals surface area contributed by atoms with Gasteiger partial charge in [-0.1, -0.05) is 15.9 Å². The zero-order valence-corrected chi connectivity index (χ0v) is 11.2. The number of aromatic nitrogens is 1. The van der Waals surface area contributed by atoms with Crippen LogP contribution in [0.15, 0.2) is 34.8 Å². The van der Waals surface area contributed by atoms with E-state index >= 15 is 0 Å². The third-order valence-electron chi connectivity index (χ3n) is 2.54. The fraction of sp³-hybridized carbons (Fsp3) is 0.154. The van der Waals surface area contributed by atoms with Crippen molar-refractivity contribution in [3.8, 4) is 6.07 Å². The van der Waals surface area contributed by atoms with Crippen LogP contribution in [0.4, 0.5) is 5.69 Å². The highest BCUT2D eigenvalue weighted by Gasteiger charge is 2.03. The van der Waals surface area contributed by atoms with Gasteiger partial charge >= 0.3 is 0 Å². The van der Waals surface area contributed by atoms with Crippen molar-refractivity contribution in [1.82, 2.24) is 4.68 Å². The molecule has 0 aliphatic rings. The van der Waals surface area contributed by atoms with Crippen molar-refractivity contribution in [2.45, 2.75) is 13.8 Å². The van der Waals surface area contributed by atoms with Crippen LogP contribution in [-0.4, -0.2) is 4.68 Å². The first-order chi connectivity index (χ1) is 8.10. The standard InChI is InChI=1S/C13H12BrN3/c1-9-3-4-10(2)17(9)16-13-6-11(8-15)5-12(14)7-13/h3-7,16H,1-2H3. The molecule has 0 amide bonds. The molecular formula is C13H12BrN3. The molecular weight excluding hydrogens is 278 g/mol. The molecule has 0 atom stereocenters. The van der Waals surface area contributed by atoms with Crippen molar-refractivity contribution in [2.24, 2.45) is 0 Å². The molecule has 0 bridgehead atoms.